The van der Waals surface area contributed by atoms with E-state index in [-0.39, 0.29) is 11.2 Å². The number of nitrogens with one attached hydrogen (secondary N) is 1. The van der Waals surface area contributed by atoms with E-state index in [0.29, 0.717) is 11.7 Å². The number of ether oxygens (including phenoxy) is 1. The van der Waals surface area contributed by atoms with Gasteiger partial charge in [-0.05, 0) is 6.42 Å². The number of methoxy groups -OCH3 is 1. The Morgan fingerprint density at radius 3 is 3.31 bits per heavy atom. The van der Waals surface area contributed by atoms with Crippen LogP contribution in [0.25, 0.3) is 0 Å². The molecule has 3 N–H and O–H groups in total. The van der Waals surface area contributed by atoms with Gasteiger partial charge in [-0.1, -0.05) is 0 Å². The summed E-state index contributed by atoms with van der Waals surface area (Å²) in [6, 6.07) is 0. The fourth-order valence-electron chi connectivity index (χ4n) is 2.05. The summed E-state index contributed by atoms with van der Waals surface area (Å²) in [6.45, 7) is 2.45. The first-order valence-corrected chi connectivity index (χ1v) is 5.29. The van der Waals surface area contributed by atoms with Crippen LogP contribution in [0.4, 0.5) is 11.5 Å². The number of hydrogen-bond donors (Lipinski definition) is 2. The third kappa shape index (κ3) is 2.01. The fourth-order valence-corrected chi connectivity index (χ4v) is 2.05. The molecule has 2 rings (SSSR count). The summed E-state index contributed by atoms with van der Waals surface area (Å²) in [7, 11) is 1.70. The Labute approximate surface area is 93.4 Å². The third-order valence-electron chi connectivity index (χ3n) is 2.86. The standard InChI is InChI=1S/C10H16N4O2/c1-16-5-7-2-3-14(4-7)9-8(11)10(15)13-6-12-9/h6-7H,2-5,11H2,1H3,(H,12,13,15). The normalized spacial score (nSPS) is 20.3. The van der Waals surface area contributed by atoms with Gasteiger partial charge in [-0.3, -0.25) is 4.79 Å². The molecule has 1 aromatic heterocycles. The van der Waals surface area contributed by atoms with E-state index >= 15 is 0 Å². The molecule has 0 spiro atoms. The third-order valence-corrected chi connectivity index (χ3v) is 2.86. The van der Waals surface area contributed by atoms with Crippen molar-refractivity contribution in [1.82, 2.24) is 9.97 Å². The molecule has 6 heteroatoms. The first-order chi connectivity index (χ1) is 7.72. The molecule has 0 saturated carbocycles. The van der Waals surface area contributed by atoms with Crippen molar-refractivity contribution in [3.05, 3.63) is 16.7 Å². The zero-order valence-electron chi connectivity index (χ0n) is 9.27. The molecule has 0 aromatic carbocycles. The van der Waals surface area contributed by atoms with E-state index in [0.717, 1.165) is 26.1 Å². The van der Waals surface area contributed by atoms with E-state index in [1.807, 2.05) is 4.90 Å². The number of H-pyrrole nitrogens is 1. The second-order valence-corrected chi connectivity index (χ2v) is 4.03. The molecule has 1 fully saturated rings. The van der Waals surface area contributed by atoms with Crippen molar-refractivity contribution in [2.75, 3.05) is 37.4 Å². The molecule has 1 unspecified atom stereocenters. The average molecular weight is 224 g/mol. The summed E-state index contributed by atoms with van der Waals surface area (Å²) in [5.74, 6) is 1.08. The topological polar surface area (TPSA) is 84.2 Å². The lowest BCUT2D eigenvalue weighted by atomic mass is 10.1. The summed E-state index contributed by atoms with van der Waals surface area (Å²) in [5.41, 5.74) is 5.62. The van der Waals surface area contributed by atoms with Crippen LogP contribution in [-0.2, 0) is 4.74 Å². The number of nitrogen functional groups attached to an aromatic ring is 1. The van der Waals surface area contributed by atoms with Crippen LogP contribution in [0.15, 0.2) is 11.1 Å². The van der Waals surface area contributed by atoms with E-state index in [9.17, 15) is 4.79 Å². The second kappa shape index (κ2) is 4.52. The van der Waals surface area contributed by atoms with Gasteiger partial charge < -0.3 is 20.4 Å². The second-order valence-electron chi connectivity index (χ2n) is 4.03. The van der Waals surface area contributed by atoms with Crippen LogP contribution >= 0.6 is 0 Å². The molecule has 1 aliphatic heterocycles. The molecule has 1 saturated heterocycles. The molecule has 0 amide bonds. The number of aromatic amines is 1. The molecule has 0 bridgehead atoms. The first-order valence-electron chi connectivity index (χ1n) is 5.29. The number of rotatable bonds is 3. The highest BCUT2D eigenvalue weighted by Gasteiger charge is 2.25. The summed E-state index contributed by atoms with van der Waals surface area (Å²) < 4.78 is 5.12. The number of aromatic nitrogens is 2. The van der Waals surface area contributed by atoms with Crippen LogP contribution < -0.4 is 16.2 Å². The highest BCUT2D eigenvalue weighted by atomic mass is 16.5. The molecule has 0 radical (unpaired) electrons. The Hall–Kier alpha value is -1.56. The van der Waals surface area contributed by atoms with Crippen molar-refractivity contribution >= 4 is 11.5 Å². The lowest BCUT2D eigenvalue weighted by Crippen LogP contribution is -2.26. The lowest BCUT2D eigenvalue weighted by molar-refractivity contribution is 0.161. The summed E-state index contributed by atoms with van der Waals surface area (Å²) >= 11 is 0. The molecule has 2 heterocycles. The van der Waals surface area contributed by atoms with Crippen LogP contribution in [0.3, 0.4) is 0 Å². The monoisotopic (exact) mass is 224 g/mol. The Morgan fingerprint density at radius 1 is 1.75 bits per heavy atom. The number of nitrogens with two attached hydrogens (primary N) is 1. The van der Waals surface area contributed by atoms with Crippen LogP contribution in [0.2, 0.25) is 0 Å². The molecular weight excluding hydrogens is 208 g/mol. The zero-order chi connectivity index (χ0) is 11.5. The van der Waals surface area contributed by atoms with Gasteiger partial charge in [-0.25, -0.2) is 4.98 Å². The van der Waals surface area contributed by atoms with Gasteiger partial charge >= 0.3 is 0 Å². The Balaban J connectivity index is 2.14. The minimum absolute atomic E-state index is 0.195. The van der Waals surface area contributed by atoms with Gasteiger partial charge in [0.2, 0.25) is 0 Å². The first kappa shape index (κ1) is 10.9. The van der Waals surface area contributed by atoms with Gasteiger partial charge in [-0.15, -0.1) is 0 Å². The summed E-state index contributed by atoms with van der Waals surface area (Å²) in [5, 5.41) is 0. The number of anilines is 2. The van der Waals surface area contributed by atoms with Gasteiger partial charge in [0.05, 0.1) is 12.9 Å². The molecule has 88 valence electrons. The molecule has 1 aromatic rings. The van der Waals surface area contributed by atoms with Crippen molar-refractivity contribution in [1.29, 1.82) is 0 Å². The number of hydrogen-bond acceptors (Lipinski definition) is 5. The maximum Gasteiger partial charge on any atom is 0.276 e. The Bertz CT molecular complexity index is 418. The quantitative estimate of drug-likeness (QED) is 0.744. The van der Waals surface area contributed by atoms with Gasteiger partial charge in [-0.2, -0.15) is 0 Å². The van der Waals surface area contributed by atoms with Gasteiger partial charge in [0.1, 0.15) is 5.69 Å². The summed E-state index contributed by atoms with van der Waals surface area (Å²) in [4.78, 5) is 19.9. The van der Waals surface area contributed by atoms with Crippen molar-refractivity contribution in [3.63, 3.8) is 0 Å². The Morgan fingerprint density at radius 2 is 2.56 bits per heavy atom. The molecule has 0 aliphatic carbocycles. The zero-order valence-corrected chi connectivity index (χ0v) is 9.27. The summed E-state index contributed by atoms with van der Waals surface area (Å²) in [6.07, 6.45) is 2.43. The molecule has 1 aliphatic rings. The minimum Gasteiger partial charge on any atom is -0.391 e. The molecule has 6 nitrogen and oxygen atoms in total. The molecule has 1 atom stereocenters. The number of nitrogens with zero attached hydrogens (tertiary/aromatic N) is 2. The van der Waals surface area contributed by atoms with Gasteiger partial charge in [0.25, 0.3) is 5.56 Å². The van der Waals surface area contributed by atoms with Crippen LogP contribution in [0.1, 0.15) is 6.42 Å². The average Bonchev–Trinajstić information content (AvgIpc) is 2.71. The van der Waals surface area contributed by atoms with E-state index in [2.05, 4.69) is 9.97 Å². The molecular formula is C10H16N4O2. The predicted octanol–water partition coefficient (Wildman–Crippen LogP) is -0.175. The highest BCUT2D eigenvalue weighted by molar-refractivity contribution is 5.61. The maximum absolute atomic E-state index is 11.3. The van der Waals surface area contributed by atoms with E-state index in [1.165, 1.54) is 6.33 Å². The van der Waals surface area contributed by atoms with Crippen LogP contribution in [-0.4, -0.2) is 36.8 Å². The largest absolute Gasteiger partial charge is 0.391 e. The van der Waals surface area contributed by atoms with E-state index < -0.39 is 0 Å². The predicted molar refractivity (Wildman–Crippen MR) is 61.5 cm³/mol. The maximum atomic E-state index is 11.3. The van der Waals surface area contributed by atoms with Crippen molar-refractivity contribution in [2.45, 2.75) is 6.42 Å². The highest BCUT2D eigenvalue weighted by Crippen LogP contribution is 2.24. The van der Waals surface area contributed by atoms with Crippen molar-refractivity contribution in [2.24, 2.45) is 5.92 Å². The van der Waals surface area contributed by atoms with Gasteiger partial charge in [0.15, 0.2) is 5.82 Å². The van der Waals surface area contributed by atoms with Gasteiger partial charge in [0, 0.05) is 26.1 Å². The lowest BCUT2D eigenvalue weighted by Gasteiger charge is -2.18. The van der Waals surface area contributed by atoms with Crippen LogP contribution in [0.5, 0.6) is 0 Å². The minimum atomic E-state index is -0.278. The van der Waals surface area contributed by atoms with Crippen molar-refractivity contribution in [3.8, 4) is 0 Å². The van der Waals surface area contributed by atoms with Crippen LogP contribution in [0, 0.1) is 5.92 Å². The Kier molecular flexibility index (Phi) is 3.09. The fraction of sp³-hybridized carbons (Fsp3) is 0.600. The smallest absolute Gasteiger partial charge is 0.276 e. The van der Waals surface area contributed by atoms with Crippen molar-refractivity contribution < 1.29 is 4.74 Å². The SMILES string of the molecule is COCC1CCN(c2nc[nH]c(=O)c2N)C1. The molecule has 16 heavy (non-hydrogen) atoms. The van der Waals surface area contributed by atoms with E-state index in [4.69, 9.17) is 10.5 Å². The van der Waals surface area contributed by atoms with E-state index in [1.54, 1.807) is 7.11 Å².